The van der Waals surface area contributed by atoms with Crippen LogP contribution in [0.15, 0.2) is 34.1 Å². The zero-order chi connectivity index (χ0) is 15.0. The number of thiazole rings is 1. The summed E-state index contributed by atoms with van der Waals surface area (Å²) in [7, 11) is 0. The summed E-state index contributed by atoms with van der Waals surface area (Å²) in [5.74, 6) is 0. The van der Waals surface area contributed by atoms with E-state index < -0.39 is 0 Å². The molecule has 0 bridgehead atoms. The average molecular weight is 364 g/mol. The Morgan fingerprint density at radius 3 is 2.95 bits per heavy atom. The van der Waals surface area contributed by atoms with Crippen molar-refractivity contribution in [1.82, 2.24) is 14.7 Å². The maximum atomic E-state index is 4.63. The summed E-state index contributed by atoms with van der Waals surface area (Å²) in [4.78, 5) is 5.71. The van der Waals surface area contributed by atoms with E-state index in [4.69, 9.17) is 0 Å². The highest BCUT2D eigenvalue weighted by Gasteiger charge is 2.13. The van der Waals surface area contributed by atoms with Crippen molar-refractivity contribution >= 4 is 32.2 Å². The molecule has 110 valence electrons. The van der Waals surface area contributed by atoms with Crippen molar-refractivity contribution in [2.75, 3.05) is 0 Å². The Hall–Kier alpha value is -1.17. The molecule has 0 spiro atoms. The van der Waals surface area contributed by atoms with Crippen LogP contribution in [0.3, 0.4) is 0 Å². The Morgan fingerprint density at radius 2 is 2.19 bits per heavy atom. The number of rotatable bonds is 4. The molecule has 0 unspecified atom stereocenters. The van der Waals surface area contributed by atoms with Gasteiger partial charge in [0.15, 0.2) is 4.96 Å². The molecule has 0 aliphatic carbocycles. The molecular formula is C16H18BrN3S. The number of halogens is 1. The summed E-state index contributed by atoms with van der Waals surface area (Å²) in [5, 5.41) is 5.76. The highest BCUT2D eigenvalue weighted by Crippen LogP contribution is 2.22. The third kappa shape index (κ3) is 2.91. The molecule has 0 saturated carbocycles. The van der Waals surface area contributed by atoms with E-state index in [0.717, 1.165) is 21.7 Å². The fourth-order valence-electron chi connectivity index (χ4n) is 2.52. The third-order valence-corrected chi connectivity index (χ3v) is 5.19. The smallest absolute Gasteiger partial charge is 0.194 e. The predicted octanol–water partition coefficient (Wildman–Crippen LogP) is 4.63. The van der Waals surface area contributed by atoms with E-state index in [2.05, 4.69) is 81.0 Å². The van der Waals surface area contributed by atoms with Crippen molar-refractivity contribution in [3.05, 3.63) is 56.8 Å². The van der Waals surface area contributed by atoms with Crippen molar-refractivity contribution in [1.29, 1.82) is 0 Å². The number of benzene rings is 1. The molecule has 1 atom stereocenters. The zero-order valence-corrected chi connectivity index (χ0v) is 14.8. The topological polar surface area (TPSA) is 29.3 Å². The second kappa shape index (κ2) is 5.91. The second-order valence-corrected chi connectivity index (χ2v) is 7.05. The van der Waals surface area contributed by atoms with Gasteiger partial charge in [0.2, 0.25) is 0 Å². The maximum absolute atomic E-state index is 4.63. The number of aromatic nitrogens is 2. The van der Waals surface area contributed by atoms with Gasteiger partial charge in [-0.1, -0.05) is 28.1 Å². The van der Waals surface area contributed by atoms with Crippen LogP contribution >= 0.6 is 27.3 Å². The lowest BCUT2D eigenvalue weighted by Gasteiger charge is -2.15. The van der Waals surface area contributed by atoms with Crippen LogP contribution in [0.5, 0.6) is 0 Å². The monoisotopic (exact) mass is 363 g/mol. The first-order chi connectivity index (χ1) is 10.1. The molecule has 0 aliphatic rings. The minimum absolute atomic E-state index is 0.298. The van der Waals surface area contributed by atoms with Gasteiger partial charge in [-0.25, -0.2) is 4.98 Å². The van der Waals surface area contributed by atoms with E-state index >= 15 is 0 Å². The van der Waals surface area contributed by atoms with Crippen LogP contribution in [0.4, 0.5) is 0 Å². The van der Waals surface area contributed by atoms with Crippen molar-refractivity contribution in [2.45, 2.75) is 33.4 Å². The van der Waals surface area contributed by atoms with Gasteiger partial charge >= 0.3 is 0 Å². The molecule has 1 aromatic carbocycles. The number of hydrogen-bond donors (Lipinski definition) is 1. The van der Waals surface area contributed by atoms with Crippen LogP contribution in [0, 0.1) is 13.8 Å². The standard InChI is InChI=1S/C16H18BrN3S/c1-10-9-21-16-19-12(3)15(20(10)16)8-18-11(2)13-5-4-6-14(17)7-13/h4-7,9,11,18H,8H2,1-3H3/t11-/m0/s1. The molecule has 0 aliphatic heterocycles. The largest absolute Gasteiger partial charge is 0.305 e. The number of fused-ring (bicyclic) bond motifs is 1. The molecule has 1 N–H and O–H groups in total. The lowest BCUT2D eigenvalue weighted by Crippen LogP contribution is -2.19. The van der Waals surface area contributed by atoms with E-state index in [0.29, 0.717) is 6.04 Å². The molecule has 0 fully saturated rings. The first-order valence-corrected chi connectivity index (χ1v) is 8.64. The Labute approximate surface area is 137 Å². The normalized spacial score (nSPS) is 13.0. The Balaban J connectivity index is 1.80. The summed E-state index contributed by atoms with van der Waals surface area (Å²) in [5.41, 5.74) is 4.90. The fraction of sp³-hybridized carbons (Fsp3) is 0.312. The van der Waals surface area contributed by atoms with Crippen molar-refractivity contribution in [2.24, 2.45) is 0 Å². The van der Waals surface area contributed by atoms with E-state index in [-0.39, 0.29) is 0 Å². The second-order valence-electron chi connectivity index (χ2n) is 5.30. The number of nitrogens with one attached hydrogen (secondary N) is 1. The van der Waals surface area contributed by atoms with Crippen LogP contribution in [-0.2, 0) is 6.54 Å². The molecule has 3 aromatic rings. The number of hydrogen-bond acceptors (Lipinski definition) is 3. The van der Waals surface area contributed by atoms with Crippen molar-refractivity contribution in [3.8, 4) is 0 Å². The molecule has 0 radical (unpaired) electrons. The van der Waals surface area contributed by atoms with Gasteiger partial charge < -0.3 is 5.32 Å². The van der Waals surface area contributed by atoms with Crippen LogP contribution in [-0.4, -0.2) is 9.38 Å². The van der Waals surface area contributed by atoms with E-state index in [9.17, 15) is 0 Å². The van der Waals surface area contributed by atoms with Crippen molar-refractivity contribution in [3.63, 3.8) is 0 Å². The molecule has 3 nitrogen and oxygen atoms in total. The highest BCUT2D eigenvalue weighted by atomic mass is 79.9. The summed E-state index contributed by atoms with van der Waals surface area (Å²) in [6, 6.07) is 8.73. The van der Waals surface area contributed by atoms with Gasteiger partial charge in [0, 0.05) is 28.1 Å². The third-order valence-electron chi connectivity index (χ3n) is 3.75. The molecule has 2 heterocycles. The van der Waals surface area contributed by atoms with Gasteiger partial charge in [-0.15, -0.1) is 11.3 Å². The van der Waals surface area contributed by atoms with Gasteiger partial charge in [-0.05, 0) is 38.5 Å². The molecule has 2 aromatic heterocycles. The fourth-order valence-corrected chi connectivity index (χ4v) is 3.87. The number of imidazole rings is 1. The van der Waals surface area contributed by atoms with Crippen LogP contribution in [0.1, 0.15) is 35.6 Å². The first-order valence-electron chi connectivity index (χ1n) is 6.97. The van der Waals surface area contributed by atoms with Crippen LogP contribution in [0.2, 0.25) is 0 Å². The predicted molar refractivity (Wildman–Crippen MR) is 91.9 cm³/mol. The summed E-state index contributed by atoms with van der Waals surface area (Å²) in [6.45, 7) is 7.22. The van der Waals surface area contributed by atoms with E-state index in [1.165, 1.54) is 17.0 Å². The summed E-state index contributed by atoms with van der Waals surface area (Å²) >= 11 is 5.23. The Kier molecular flexibility index (Phi) is 4.15. The average Bonchev–Trinajstić information content (AvgIpc) is 2.96. The molecular weight excluding hydrogens is 346 g/mol. The van der Waals surface area contributed by atoms with Gasteiger partial charge in [-0.2, -0.15) is 0 Å². The van der Waals surface area contributed by atoms with Gasteiger partial charge in [0.1, 0.15) is 0 Å². The summed E-state index contributed by atoms with van der Waals surface area (Å²) < 4.78 is 3.37. The molecule has 0 amide bonds. The minimum atomic E-state index is 0.298. The lowest BCUT2D eigenvalue weighted by molar-refractivity contribution is 0.563. The quantitative estimate of drug-likeness (QED) is 0.732. The number of nitrogens with zero attached hydrogens (tertiary/aromatic N) is 2. The Morgan fingerprint density at radius 1 is 1.38 bits per heavy atom. The van der Waals surface area contributed by atoms with Gasteiger partial charge in [-0.3, -0.25) is 4.40 Å². The van der Waals surface area contributed by atoms with Gasteiger partial charge in [0.25, 0.3) is 0 Å². The van der Waals surface area contributed by atoms with E-state index in [1.807, 2.05) is 0 Å². The van der Waals surface area contributed by atoms with Crippen LogP contribution < -0.4 is 5.32 Å². The molecule has 21 heavy (non-hydrogen) atoms. The maximum Gasteiger partial charge on any atom is 0.194 e. The molecule has 5 heteroatoms. The molecule has 3 rings (SSSR count). The van der Waals surface area contributed by atoms with Gasteiger partial charge in [0.05, 0.1) is 11.4 Å². The van der Waals surface area contributed by atoms with Crippen LogP contribution in [0.25, 0.3) is 4.96 Å². The molecule has 0 saturated heterocycles. The zero-order valence-electron chi connectivity index (χ0n) is 12.4. The lowest BCUT2D eigenvalue weighted by atomic mass is 10.1. The SMILES string of the molecule is Cc1nc2scc(C)n2c1CN[C@@H](C)c1cccc(Br)c1. The minimum Gasteiger partial charge on any atom is -0.305 e. The highest BCUT2D eigenvalue weighted by molar-refractivity contribution is 9.10. The first kappa shape index (κ1) is 14.8. The Bertz CT molecular complexity index is 775. The van der Waals surface area contributed by atoms with Crippen molar-refractivity contribution < 1.29 is 0 Å². The van der Waals surface area contributed by atoms with E-state index in [1.54, 1.807) is 11.3 Å². The number of aryl methyl sites for hydroxylation is 2. The summed E-state index contributed by atoms with van der Waals surface area (Å²) in [6.07, 6.45) is 0.